The number of hydrogen-bond donors (Lipinski definition) is 0. The third-order valence-corrected chi connectivity index (χ3v) is 3.52. The number of esters is 1. The summed E-state index contributed by atoms with van der Waals surface area (Å²) in [4.78, 5) is 22.9. The van der Waals surface area contributed by atoms with Crippen molar-refractivity contribution in [2.45, 2.75) is 59.3 Å². The van der Waals surface area contributed by atoms with Gasteiger partial charge in [0.15, 0.2) is 0 Å². The van der Waals surface area contributed by atoms with Crippen LogP contribution in [0.1, 0.15) is 59.3 Å². The molecular formula is C14H26O3. The van der Waals surface area contributed by atoms with Gasteiger partial charge in [0.05, 0.1) is 7.11 Å². The van der Waals surface area contributed by atoms with E-state index >= 15 is 0 Å². The topological polar surface area (TPSA) is 43.4 Å². The lowest BCUT2D eigenvalue weighted by Gasteiger charge is -2.16. The van der Waals surface area contributed by atoms with Crippen molar-refractivity contribution in [2.75, 3.05) is 7.11 Å². The lowest BCUT2D eigenvalue weighted by Crippen LogP contribution is -2.18. The molecule has 1 fully saturated rings. The number of ether oxygens (including phenoxy) is 1. The normalized spacial score (nSPS) is 23.3. The smallest absolute Gasteiger partial charge is 0.305 e. The molecule has 1 saturated carbocycles. The van der Waals surface area contributed by atoms with E-state index in [1.165, 1.54) is 20.0 Å². The van der Waals surface area contributed by atoms with Crippen LogP contribution < -0.4 is 0 Å². The van der Waals surface area contributed by atoms with E-state index in [2.05, 4.69) is 11.7 Å². The van der Waals surface area contributed by atoms with Crippen LogP contribution in [0.4, 0.5) is 0 Å². The Kier molecular flexibility index (Phi) is 7.85. The molecule has 100 valence electrons. The van der Waals surface area contributed by atoms with Crippen molar-refractivity contribution in [1.82, 2.24) is 0 Å². The first-order valence-electron chi connectivity index (χ1n) is 6.28. The minimum atomic E-state index is -0.180. The van der Waals surface area contributed by atoms with E-state index in [9.17, 15) is 9.59 Å². The van der Waals surface area contributed by atoms with Gasteiger partial charge < -0.3 is 4.74 Å². The second-order valence-corrected chi connectivity index (χ2v) is 4.65. The molecular weight excluding hydrogens is 216 g/mol. The standard InChI is InChI=1S/C13H22O3.CH4/c1-3-4-5-6-11-10(7-8-12(11)14)9-13(15)16-2;/h10-11H,3-9H2,1-2H3;1H4. The second-order valence-electron chi connectivity index (χ2n) is 4.65. The zero-order valence-corrected chi connectivity index (χ0v) is 10.3. The Labute approximate surface area is 105 Å². The Hall–Kier alpha value is -0.860. The Morgan fingerprint density at radius 1 is 1.41 bits per heavy atom. The number of Topliss-reactive ketones (excluding diaryl/α,β-unsaturated/α-hetero) is 1. The van der Waals surface area contributed by atoms with Crippen molar-refractivity contribution < 1.29 is 14.3 Å². The number of ketones is 1. The third kappa shape index (κ3) is 4.88. The highest BCUT2D eigenvalue weighted by Crippen LogP contribution is 2.35. The molecule has 0 heterocycles. The number of methoxy groups -OCH3 is 1. The van der Waals surface area contributed by atoms with E-state index in [1.54, 1.807) is 0 Å². The Balaban J connectivity index is 0.00000256. The molecule has 0 radical (unpaired) electrons. The van der Waals surface area contributed by atoms with Crippen molar-refractivity contribution in [1.29, 1.82) is 0 Å². The minimum absolute atomic E-state index is 0. The van der Waals surface area contributed by atoms with E-state index < -0.39 is 0 Å². The molecule has 17 heavy (non-hydrogen) atoms. The highest BCUT2D eigenvalue weighted by molar-refractivity contribution is 5.84. The summed E-state index contributed by atoms with van der Waals surface area (Å²) >= 11 is 0. The van der Waals surface area contributed by atoms with Crippen LogP contribution >= 0.6 is 0 Å². The van der Waals surface area contributed by atoms with Crippen LogP contribution in [0.2, 0.25) is 0 Å². The number of carbonyl (C=O) groups is 2. The molecule has 1 aliphatic rings. The highest BCUT2D eigenvalue weighted by Gasteiger charge is 2.35. The summed E-state index contributed by atoms with van der Waals surface area (Å²) in [6.07, 6.45) is 6.33. The van der Waals surface area contributed by atoms with Crippen LogP contribution in [-0.2, 0) is 14.3 Å². The van der Waals surface area contributed by atoms with E-state index in [4.69, 9.17) is 0 Å². The maximum absolute atomic E-state index is 11.7. The third-order valence-electron chi connectivity index (χ3n) is 3.52. The van der Waals surface area contributed by atoms with Gasteiger partial charge in [0.1, 0.15) is 5.78 Å². The fraction of sp³-hybridized carbons (Fsp3) is 0.857. The fourth-order valence-corrected chi connectivity index (χ4v) is 2.53. The second kappa shape index (κ2) is 8.26. The number of unbranched alkanes of at least 4 members (excludes halogenated alkanes) is 2. The lowest BCUT2D eigenvalue weighted by molar-refractivity contribution is -0.142. The SMILES string of the molecule is C.CCCCCC1C(=O)CCC1CC(=O)OC. The molecule has 0 amide bonds. The molecule has 0 saturated heterocycles. The molecule has 0 spiro atoms. The monoisotopic (exact) mass is 242 g/mol. The van der Waals surface area contributed by atoms with Crippen molar-refractivity contribution in [3.63, 3.8) is 0 Å². The van der Waals surface area contributed by atoms with E-state index in [-0.39, 0.29) is 25.2 Å². The molecule has 3 heteroatoms. The highest BCUT2D eigenvalue weighted by atomic mass is 16.5. The van der Waals surface area contributed by atoms with Crippen LogP contribution in [0, 0.1) is 11.8 Å². The molecule has 2 unspecified atom stereocenters. The molecule has 0 aromatic heterocycles. The summed E-state index contributed by atoms with van der Waals surface area (Å²) < 4.78 is 4.67. The zero-order chi connectivity index (χ0) is 12.0. The van der Waals surface area contributed by atoms with Crippen molar-refractivity contribution >= 4 is 11.8 Å². The summed E-state index contributed by atoms with van der Waals surface area (Å²) in [5.41, 5.74) is 0. The summed E-state index contributed by atoms with van der Waals surface area (Å²) in [5, 5.41) is 0. The molecule has 2 atom stereocenters. The van der Waals surface area contributed by atoms with Gasteiger partial charge in [0, 0.05) is 18.8 Å². The Morgan fingerprint density at radius 3 is 2.71 bits per heavy atom. The number of hydrogen-bond acceptors (Lipinski definition) is 3. The average Bonchev–Trinajstić information content (AvgIpc) is 2.61. The molecule has 3 nitrogen and oxygen atoms in total. The van der Waals surface area contributed by atoms with Crippen molar-refractivity contribution in [3.05, 3.63) is 0 Å². The Bertz CT molecular complexity index is 248. The van der Waals surface area contributed by atoms with Gasteiger partial charge in [-0.15, -0.1) is 0 Å². The fourth-order valence-electron chi connectivity index (χ4n) is 2.53. The number of rotatable bonds is 6. The first-order chi connectivity index (χ1) is 7.69. The minimum Gasteiger partial charge on any atom is -0.469 e. The quantitative estimate of drug-likeness (QED) is 0.530. The molecule has 0 aromatic carbocycles. The average molecular weight is 242 g/mol. The predicted octanol–water partition coefficient (Wildman–Crippen LogP) is 3.36. The van der Waals surface area contributed by atoms with Crippen molar-refractivity contribution in [2.24, 2.45) is 11.8 Å². The molecule has 1 rings (SSSR count). The van der Waals surface area contributed by atoms with Crippen molar-refractivity contribution in [3.8, 4) is 0 Å². The van der Waals surface area contributed by atoms with Gasteiger partial charge in [-0.05, 0) is 18.8 Å². The maximum Gasteiger partial charge on any atom is 0.305 e. The van der Waals surface area contributed by atoms with Gasteiger partial charge in [-0.25, -0.2) is 0 Å². The first-order valence-corrected chi connectivity index (χ1v) is 6.28. The van der Waals surface area contributed by atoms with Gasteiger partial charge >= 0.3 is 5.97 Å². The Morgan fingerprint density at radius 2 is 2.12 bits per heavy atom. The number of carbonyl (C=O) groups excluding carboxylic acids is 2. The van der Waals surface area contributed by atoms with Gasteiger partial charge in [0.25, 0.3) is 0 Å². The maximum atomic E-state index is 11.7. The summed E-state index contributed by atoms with van der Waals surface area (Å²) in [6, 6.07) is 0. The molecule has 0 aliphatic heterocycles. The van der Waals surface area contributed by atoms with Gasteiger partial charge in [-0.2, -0.15) is 0 Å². The molecule has 0 bridgehead atoms. The van der Waals surface area contributed by atoms with E-state index in [0.717, 1.165) is 19.3 Å². The van der Waals surface area contributed by atoms with Crippen LogP contribution in [0.25, 0.3) is 0 Å². The van der Waals surface area contributed by atoms with Crippen LogP contribution in [0.15, 0.2) is 0 Å². The van der Waals surface area contributed by atoms with Gasteiger partial charge in [-0.3, -0.25) is 9.59 Å². The molecule has 1 aliphatic carbocycles. The van der Waals surface area contributed by atoms with Gasteiger partial charge in [-0.1, -0.05) is 33.6 Å². The van der Waals surface area contributed by atoms with E-state index in [0.29, 0.717) is 18.6 Å². The predicted molar refractivity (Wildman–Crippen MR) is 68.7 cm³/mol. The van der Waals surface area contributed by atoms with Crippen LogP contribution in [0.3, 0.4) is 0 Å². The van der Waals surface area contributed by atoms with Gasteiger partial charge in [0.2, 0.25) is 0 Å². The van der Waals surface area contributed by atoms with E-state index in [1.807, 2.05) is 0 Å². The lowest BCUT2D eigenvalue weighted by atomic mass is 9.88. The first kappa shape index (κ1) is 16.1. The van der Waals surface area contributed by atoms with Crippen LogP contribution in [0.5, 0.6) is 0 Å². The zero-order valence-electron chi connectivity index (χ0n) is 10.3. The summed E-state index contributed by atoms with van der Waals surface area (Å²) in [6.45, 7) is 2.16. The molecule has 0 N–H and O–H groups in total. The largest absolute Gasteiger partial charge is 0.469 e. The molecule has 0 aromatic rings. The van der Waals surface area contributed by atoms with Crippen LogP contribution in [-0.4, -0.2) is 18.9 Å². The summed E-state index contributed by atoms with van der Waals surface area (Å²) in [5.74, 6) is 0.521. The summed E-state index contributed by atoms with van der Waals surface area (Å²) in [7, 11) is 1.41.